The number of aliphatic hydroxyl groups excluding tert-OH is 2. The standard InChI is InChI=1S/C71H137NO5/c1-3-5-7-9-11-13-15-17-18-34-37-40-43-47-51-55-59-63-69(74)68(67-73)72-70(75)64-60-56-52-48-44-41-38-35-32-30-28-26-24-22-20-19-21-23-25-27-29-31-33-36-39-42-46-50-54-58-62-66-77-71(76)65-61-57-53-49-45-16-14-12-10-8-6-4-2/h21,23,27,29,68-69,73-74H,3-20,22,24-26,28,30-67H2,1-2H3,(H,72,75)/b23-21-,29-27-. The molecule has 0 aromatic carbocycles. The van der Waals surface area contributed by atoms with Gasteiger partial charge in [-0.2, -0.15) is 0 Å². The van der Waals surface area contributed by atoms with Crippen LogP contribution in [0.25, 0.3) is 0 Å². The van der Waals surface area contributed by atoms with Gasteiger partial charge in [0.1, 0.15) is 0 Å². The fraction of sp³-hybridized carbons (Fsp3) is 0.915. The minimum Gasteiger partial charge on any atom is -0.466 e. The highest BCUT2D eigenvalue weighted by atomic mass is 16.5. The van der Waals surface area contributed by atoms with Crippen LogP contribution in [-0.2, 0) is 14.3 Å². The van der Waals surface area contributed by atoms with Gasteiger partial charge < -0.3 is 20.3 Å². The number of carbonyl (C=O) groups excluding carboxylic acids is 2. The zero-order valence-corrected chi connectivity index (χ0v) is 52.2. The summed E-state index contributed by atoms with van der Waals surface area (Å²) in [7, 11) is 0. The molecule has 2 atom stereocenters. The van der Waals surface area contributed by atoms with Crippen molar-refractivity contribution in [3.05, 3.63) is 24.3 Å². The summed E-state index contributed by atoms with van der Waals surface area (Å²) in [4.78, 5) is 24.5. The Bertz CT molecular complexity index is 1200. The number of unbranched alkanes of at least 4 members (excludes halogenated alkanes) is 51. The first kappa shape index (κ1) is 75.3. The SMILES string of the molecule is CCCCCCCCCCCCCCCCCCCC(O)C(CO)NC(=O)CCCCCCCCCCCCCCCCC/C=C\C/C=C\CCCCCCCCCCCOC(=O)CCCCCCCCCCCCCC. The molecular formula is C71H137NO5. The van der Waals surface area contributed by atoms with E-state index in [0.717, 1.165) is 44.9 Å². The van der Waals surface area contributed by atoms with Crippen LogP contribution in [0, 0.1) is 0 Å². The molecule has 0 bridgehead atoms. The maximum absolute atomic E-state index is 12.5. The molecule has 0 heterocycles. The molecule has 0 aliphatic carbocycles. The molecule has 1 amide bonds. The van der Waals surface area contributed by atoms with Crippen LogP contribution in [0.4, 0.5) is 0 Å². The van der Waals surface area contributed by atoms with E-state index in [9.17, 15) is 19.8 Å². The molecule has 77 heavy (non-hydrogen) atoms. The van der Waals surface area contributed by atoms with Crippen molar-refractivity contribution in [2.24, 2.45) is 0 Å². The van der Waals surface area contributed by atoms with E-state index in [-0.39, 0.29) is 18.5 Å². The van der Waals surface area contributed by atoms with Gasteiger partial charge in [-0.1, -0.05) is 346 Å². The molecule has 0 aromatic rings. The molecule has 2 unspecified atom stereocenters. The van der Waals surface area contributed by atoms with Crippen molar-refractivity contribution in [2.45, 2.75) is 405 Å². The fourth-order valence-corrected chi connectivity index (χ4v) is 11.1. The summed E-state index contributed by atoms with van der Waals surface area (Å²) in [5.41, 5.74) is 0. The molecule has 0 aromatic heterocycles. The predicted molar refractivity (Wildman–Crippen MR) is 338 cm³/mol. The Hall–Kier alpha value is -1.66. The number of amides is 1. The Balaban J connectivity index is 3.39. The van der Waals surface area contributed by atoms with Gasteiger partial charge in [-0.3, -0.25) is 9.59 Å². The monoisotopic (exact) mass is 1080 g/mol. The summed E-state index contributed by atoms with van der Waals surface area (Å²) >= 11 is 0. The third-order valence-corrected chi connectivity index (χ3v) is 16.5. The van der Waals surface area contributed by atoms with Gasteiger partial charge >= 0.3 is 5.97 Å². The van der Waals surface area contributed by atoms with Crippen molar-refractivity contribution in [3.63, 3.8) is 0 Å². The van der Waals surface area contributed by atoms with Crippen LogP contribution < -0.4 is 5.32 Å². The van der Waals surface area contributed by atoms with Crippen molar-refractivity contribution in [2.75, 3.05) is 13.2 Å². The van der Waals surface area contributed by atoms with Gasteiger partial charge in [0, 0.05) is 12.8 Å². The Labute approximate surface area is 481 Å². The average Bonchev–Trinajstić information content (AvgIpc) is 3.43. The van der Waals surface area contributed by atoms with E-state index in [0.29, 0.717) is 25.9 Å². The lowest BCUT2D eigenvalue weighted by atomic mass is 10.0. The molecule has 0 saturated carbocycles. The van der Waals surface area contributed by atoms with Crippen LogP contribution in [0.3, 0.4) is 0 Å². The van der Waals surface area contributed by atoms with E-state index in [4.69, 9.17) is 4.74 Å². The molecule has 456 valence electrons. The molecule has 0 saturated heterocycles. The second kappa shape index (κ2) is 66.8. The summed E-state index contributed by atoms with van der Waals surface area (Å²) in [6, 6.07) is -0.541. The van der Waals surface area contributed by atoms with Gasteiger partial charge in [-0.25, -0.2) is 0 Å². The minimum atomic E-state index is -0.664. The lowest BCUT2D eigenvalue weighted by Gasteiger charge is -2.22. The van der Waals surface area contributed by atoms with Gasteiger partial charge in [0.25, 0.3) is 0 Å². The highest BCUT2D eigenvalue weighted by molar-refractivity contribution is 5.76. The Morgan fingerprint density at radius 2 is 0.649 bits per heavy atom. The van der Waals surface area contributed by atoms with Gasteiger partial charge in [0.2, 0.25) is 5.91 Å². The van der Waals surface area contributed by atoms with E-state index >= 15 is 0 Å². The second-order valence-corrected chi connectivity index (χ2v) is 24.2. The average molecular weight is 1080 g/mol. The molecule has 0 radical (unpaired) electrons. The van der Waals surface area contributed by atoms with E-state index in [1.54, 1.807) is 0 Å². The minimum absolute atomic E-state index is 0.0145. The highest BCUT2D eigenvalue weighted by Gasteiger charge is 2.20. The molecule has 0 fully saturated rings. The quantitative estimate of drug-likeness (QED) is 0.0320. The lowest BCUT2D eigenvalue weighted by Crippen LogP contribution is -2.45. The van der Waals surface area contributed by atoms with Gasteiger partial charge in [-0.15, -0.1) is 0 Å². The number of hydrogen-bond acceptors (Lipinski definition) is 5. The first-order valence-electron chi connectivity index (χ1n) is 35.1. The third kappa shape index (κ3) is 63.4. The zero-order valence-electron chi connectivity index (χ0n) is 52.2. The number of aliphatic hydroxyl groups is 2. The third-order valence-electron chi connectivity index (χ3n) is 16.5. The van der Waals surface area contributed by atoms with Crippen molar-refractivity contribution in [1.82, 2.24) is 5.32 Å². The Kier molecular flexibility index (Phi) is 65.4. The normalized spacial score (nSPS) is 12.6. The summed E-state index contributed by atoms with van der Waals surface area (Å²) < 4.78 is 5.48. The topological polar surface area (TPSA) is 95.9 Å². The maximum atomic E-state index is 12.5. The van der Waals surface area contributed by atoms with Crippen LogP contribution in [-0.4, -0.2) is 47.4 Å². The molecular weight excluding hydrogens is 947 g/mol. The van der Waals surface area contributed by atoms with E-state index < -0.39 is 12.1 Å². The van der Waals surface area contributed by atoms with Crippen molar-refractivity contribution >= 4 is 11.9 Å². The number of esters is 1. The molecule has 6 heteroatoms. The number of ether oxygens (including phenoxy) is 1. The zero-order chi connectivity index (χ0) is 55.7. The van der Waals surface area contributed by atoms with Crippen LogP contribution >= 0.6 is 0 Å². The smallest absolute Gasteiger partial charge is 0.305 e. The summed E-state index contributed by atoms with van der Waals surface area (Å²) in [6.07, 6.45) is 83.7. The number of allylic oxidation sites excluding steroid dienone is 4. The highest BCUT2D eigenvalue weighted by Crippen LogP contribution is 2.19. The number of rotatable bonds is 66. The first-order chi connectivity index (χ1) is 38.0. The lowest BCUT2D eigenvalue weighted by molar-refractivity contribution is -0.143. The number of hydrogen-bond donors (Lipinski definition) is 3. The van der Waals surface area contributed by atoms with E-state index in [2.05, 4.69) is 43.5 Å². The second-order valence-electron chi connectivity index (χ2n) is 24.2. The van der Waals surface area contributed by atoms with Crippen LogP contribution in [0.2, 0.25) is 0 Å². The van der Waals surface area contributed by atoms with Crippen molar-refractivity contribution < 1.29 is 24.5 Å². The number of carbonyl (C=O) groups is 2. The van der Waals surface area contributed by atoms with Gasteiger partial charge in [0.05, 0.1) is 25.4 Å². The van der Waals surface area contributed by atoms with Crippen molar-refractivity contribution in [1.29, 1.82) is 0 Å². The van der Waals surface area contributed by atoms with Crippen LogP contribution in [0.5, 0.6) is 0 Å². The molecule has 3 N–H and O–H groups in total. The summed E-state index contributed by atoms with van der Waals surface area (Å²) in [5, 5.41) is 23.4. The maximum Gasteiger partial charge on any atom is 0.305 e. The molecule has 0 aliphatic rings. The Morgan fingerprint density at radius 1 is 0.364 bits per heavy atom. The molecule has 6 nitrogen and oxygen atoms in total. The Morgan fingerprint density at radius 3 is 0.987 bits per heavy atom. The number of nitrogens with one attached hydrogen (secondary N) is 1. The largest absolute Gasteiger partial charge is 0.466 e. The molecule has 0 aliphatic heterocycles. The molecule has 0 spiro atoms. The predicted octanol–water partition coefficient (Wildman–Crippen LogP) is 22.5. The van der Waals surface area contributed by atoms with Crippen LogP contribution in [0.1, 0.15) is 393 Å². The van der Waals surface area contributed by atoms with E-state index in [1.807, 2.05) is 0 Å². The summed E-state index contributed by atoms with van der Waals surface area (Å²) in [5.74, 6) is -0.0164. The van der Waals surface area contributed by atoms with E-state index in [1.165, 1.54) is 315 Å². The fourth-order valence-electron chi connectivity index (χ4n) is 11.1. The van der Waals surface area contributed by atoms with Crippen LogP contribution in [0.15, 0.2) is 24.3 Å². The first-order valence-corrected chi connectivity index (χ1v) is 35.1. The molecule has 0 rings (SSSR count). The summed E-state index contributed by atoms with van der Waals surface area (Å²) in [6.45, 7) is 4.98. The van der Waals surface area contributed by atoms with Gasteiger partial charge in [-0.05, 0) is 57.8 Å². The van der Waals surface area contributed by atoms with Crippen molar-refractivity contribution in [3.8, 4) is 0 Å². The van der Waals surface area contributed by atoms with Gasteiger partial charge in [0.15, 0.2) is 0 Å².